The Morgan fingerprint density at radius 2 is 1.26 bits per heavy atom. The highest BCUT2D eigenvalue weighted by molar-refractivity contribution is 7.58. The van der Waals surface area contributed by atoms with Crippen molar-refractivity contribution in [2.75, 3.05) is 26.2 Å². The average molecular weight is 282 g/mol. The molecule has 0 saturated heterocycles. The van der Waals surface area contributed by atoms with Crippen LogP contribution in [0.4, 0.5) is 0 Å². The molecule has 0 aliphatic carbocycles. The second-order valence-corrected chi connectivity index (χ2v) is 7.36. The molecule has 0 spiro atoms. The van der Waals surface area contributed by atoms with E-state index in [9.17, 15) is 4.57 Å². The molecule has 0 unspecified atom stereocenters. The van der Waals surface area contributed by atoms with Crippen LogP contribution in [-0.4, -0.2) is 35.5 Å². The quantitative estimate of drug-likeness (QED) is 0.672. The lowest BCUT2D eigenvalue weighted by atomic mass is 10.2. The number of rotatable bonds is 8. The van der Waals surface area contributed by atoms with Gasteiger partial charge >= 0.3 is 0 Å². The van der Waals surface area contributed by atoms with Gasteiger partial charge in [-0.3, -0.25) is 4.57 Å². The summed E-state index contributed by atoms with van der Waals surface area (Å²) < 4.78 is 17.8. The molecule has 3 nitrogen and oxygen atoms in total. The second-order valence-electron chi connectivity index (χ2n) is 4.59. The molecule has 4 heteroatoms. The highest BCUT2D eigenvalue weighted by Crippen LogP contribution is 2.55. The summed E-state index contributed by atoms with van der Waals surface area (Å²) in [6, 6.07) is 10.2. The van der Waals surface area contributed by atoms with Crippen molar-refractivity contribution in [3.63, 3.8) is 0 Å². The molecule has 0 radical (unpaired) electrons. The number of hydrogen-bond acceptors (Lipinski definition) is 1. The average Bonchev–Trinajstić information content (AvgIpc) is 2.42. The number of nitrogens with zero attached hydrogens (tertiary/aromatic N) is 2. The van der Waals surface area contributed by atoms with Gasteiger partial charge in [0.25, 0.3) is 0 Å². The molecule has 0 fully saturated rings. The monoisotopic (exact) mass is 282 g/mol. The van der Waals surface area contributed by atoms with Crippen molar-refractivity contribution in [1.29, 1.82) is 0 Å². The summed E-state index contributed by atoms with van der Waals surface area (Å²) in [5.74, 6) is 0. The largest absolute Gasteiger partial charge is 0.288 e. The maximum Gasteiger partial charge on any atom is 0.220 e. The Morgan fingerprint density at radius 3 is 1.63 bits per heavy atom. The molecule has 19 heavy (non-hydrogen) atoms. The molecule has 0 N–H and O–H groups in total. The van der Waals surface area contributed by atoms with E-state index in [4.69, 9.17) is 0 Å². The van der Waals surface area contributed by atoms with Gasteiger partial charge in [-0.25, -0.2) is 9.34 Å². The number of hydrogen-bond donors (Lipinski definition) is 0. The van der Waals surface area contributed by atoms with Crippen LogP contribution in [0.1, 0.15) is 33.3 Å². The Balaban J connectivity index is 3.08. The van der Waals surface area contributed by atoms with Crippen LogP contribution in [0.3, 0.4) is 0 Å². The molecule has 1 aromatic carbocycles. The van der Waals surface area contributed by atoms with E-state index in [0.717, 1.165) is 31.7 Å². The molecule has 0 saturated carbocycles. The van der Waals surface area contributed by atoms with Gasteiger partial charge < -0.3 is 0 Å². The summed E-state index contributed by atoms with van der Waals surface area (Å²) in [4.78, 5) is 0. The van der Waals surface area contributed by atoms with Crippen molar-refractivity contribution in [3.8, 4) is 0 Å². The Bertz CT molecular complexity index is 384. The van der Waals surface area contributed by atoms with Gasteiger partial charge in [0, 0.05) is 26.2 Å². The summed E-state index contributed by atoms with van der Waals surface area (Å²) >= 11 is 0. The van der Waals surface area contributed by atoms with Crippen LogP contribution in [0.2, 0.25) is 0 Å². The van der Waals surface area contributed by atoms with E-state index in [2.05, 4.69) is 49.2 Å². The Labute approximate surface area is 118 Å². The van der Waals surface area contributed by atoms with E-state index in [1.807, 2.05) is 18.2 Å². The van der Waals surface area contributed by atoms with Crippen LogP contribution in [0.25, 0.3) is 0 Å². The molecule has 1 aromatic rings. The molecular formula is C15H27N2OP. The van der Waals surface area contributed by atoms with Gasteiger partial charge in [-0.2, -0.15) is 0 Å². The topological polar surface area (TPSA) is 23.6 Å². The van der Waals surface area contributed by atoms with E-state index < -0.39 is 7.44 Å². The molecule has 108 valence electrons. The van der Waals surface area contributed by atoms with Gasteiger partial charge in [0.15, 0.2) is 0 Å². The summed E-state index contributed by atoms with van der Waals surface area (Å²) in [7, 11) is -2.49. The highest BCUT2D eigenvalue weighted by atomic mass is 31.2. The van der Waals surface area contributed by atoms with Crippen LogP contribution >= 0.6 is 7.44 Å². The third kappa shape index (κ3) is 3.92. The zero-order valence-corrected chi connectivity index (χ0v) is 13.6. The van der Waals surface area contributed by atoms with Gasteiger partial charge in [-0.1, -0.05) is 58.0 Å². The Kier molecular flexibility index (Phi) is 6.78. The minimum absolute atomic E-state index is 0.636. The van der Waals surface area contributed by atoms with Crippen LogP contribution in [0, 0.1) is 0 Å². The van der Waals surface area contributed by atoms with Crippen LogP contribution in [0.15, 0.2) is 30.3 Å². The van der Waals surface area contributed by atoms with Crippen LogP contribution < -0.4 is 0 Å². The Hall–Kier alpha value is -0.630. The third-order valence-corrected chi connectivity index (χ3v) is 7.25. The van der Waals surface area contributed by atoms with E-state index in [-0.39, 0.29) is 0 Å². The van der Waals surface area contributed by atoms with Crippen LogP contribution in [-0.2, 0) is 10.7 Å². The fourth-order valence-electron chi connectivity index (χ4n) is 2.53. The van der Waals surface area contributed by atoms with E-state index in [1.165, 1.54) is 0 Å². The molecule has 0 aliphatic rings. The standard InChI is InChI=1S/C15H27N2OP/c1-5-16(6-2)19(18,17(7-3)8-4)14-15-12-10-9-11-13-15/h9-13H,5-8,14H2,1-4H3. The predicted molar refractivity (Wildman–Crippen MR) is 83.6 cm³/mol. The van der Waals surface area contributed by atoms with Crippen molar-refractivity contribution < 1.29 is 4.57 Å². The maximum absolute atomic E-state index is 13.6. The van der Waals surface area contributed by atoms with Crippen LogP contribution in [0.5, 0.6) is 0 Å². The molecule has 0 amide bonds. The number of benzene rings is 1. The van der Waals surface area contributed by atoms with Crippen molar-refractivity contribution in [2.45, 2.75) is 33.9 Å². The van der Waals surface area contributed by atoms with Gasteiger partial charge in [-0.05, 0) is 5.56 Å². The van der Waals surface area contributed by atoms with E-state index in [0.29, 0.717) is 6.16 Å². The summed E-state index contributed by atoms with van der Waals surface area (Å²) in [6.45, 7) is 11.7. The summed E-state index contributed by atoms with van der Waals surface area (Å²) in [5, 5.41) is 0. The minimum Gasteiger partial charge on any atom is -0.288 e. The molecule has 0 bridgehead atoms. The SMILES string of the molecule is CCN(CC)P(=O)(Cc1ccccc1)N(CC)CC. The molecule has 0 aromatic heterocycles. The maximum atomic E-state index is 13.6. The molecule has 0 aliphatic heterocycles. The van der Waals surface area contributed by atoms with Gasteiger partial charge in [0.1, 0.15) is 0 Å². The molecule has 1 rings (SSSR count). The first-order valence-corrected chi connectivity index (χ1v) is 9.05. The zero-order chi connectivity index (χ0) is 14.3. The lowest BCUT2D eigenvalue weighted by molar-refractivity contribution is 0.358. The minimum atomic E-state index is -2.49. The first-order valence-electron chi connectivity index (χ1n) is 7.26. The van der Waals surface area contributed by atoms with Crippen molar-refractivity contribution in [1.82, 2.24) is 9.34 Å². The molecular weight excluding hydrogens is 255 g/mol. The Morgan fingerprint density at radius 1 is 0.842 bits per heavy atom. The van der Waals surface area contributed by atoms with Gasteiger partial charge in [-0.15, -0.1) is 0 Å². The van der Waals surface area contributed by atoms with Crippen molar-refractivity contribution in [3.05, 3.63) is 35.9 Å². The predicted octanol–water partition coefficient (Wildman–Crippen LogP) is 4.06. The lowest BCUT2D eigenvalue weighted by Gasteiger charge is -2.37. The first kappa shape index (κ1) is 16.4. The van der Waals surface area contributed by atoms with Gasteiger partial charge in [0.2, 0.25) is 7.44 Å². The molecule has 0 heterocycles. The third-order valence-electron chi connectivity index (χ3n) is 3.58. The van der Waals surface area contributed by atoms with Crippen molar-refractivity contribution in [2.24, 2.45) is 0 Å². The van der Waals surface area contributed by atoms with E-state index in [1.54, 1.807) is 0 Å². The fourth-order valence-corrected chi connectivity index (χ4v) is 5.74. The first-order chi connectivity index (χ1) is 9.12. The summed E-state index contributed by atoms with van der Waals surface area (Å²) in [6.07, 6.45) is 0.636. The fraction of sp³-hybridized carbons (Fsp3) is 0.600. The normalized spacial score (nSPS) is 12.3. The zero-order valence-electron chi connectivity index (χ0n) is 12.7. The highest BCUT2D eigenvalue weighted by Gasteiger charge is 2.33. The second kappa shape index (κ2) is 7.84. The molecule has 0 atom stereocenters. The summed E-state index contributed by atoms with van der Waals surface area (Å²) in [5.41, 5.74) is 1.16. The smallest absolute Gasteiger partial charge is 0.220 e. The van der Waals surface area contributed by atoms with Crippen molar-refractivity contribution >= 4 is 7.44 Å². The van der Waals surface area contributed by atoms with E-state index >= 15 is 0 Å². The lowest BCUT2D eigenvalue weighted by Crippen LogP contribution is -2.32. The van der Waals surface area contributed by atoms with Gasteiger partial charge in [0.05, 0.1) is 6.16 Å².